The number of aliphatic imine (C=N–C) groups is 1. The highest BCUT2D eigenvalue weighted by atomic mass is 35.5. The molecule has 3 N–H and O–H groups in total. The van der Waals surface area contributed by atoms with Crippen LogP contribution in [0.25, 0.3) is 11.1 Å². The van der Waals surface area contributed by atoms with Gasteiger partial charge >= 0.3 is 6.15 Å². The lowest BCUT2D eigenvalue weighted by Gasteiger charge is -2.32. The van der Waals surface area contributed by atoms with Crippen molar-refractivity contribution in [1.29, 1.82) is 0 Å². The van der Waals surface area contributed by atoms with Gasteiger partial charge in [0.2, 0.25) is 0 Å². The zero-order valence-electron chi connectivity index (χ0n) is 30.1. The van der Waals surface area contributed by atoms with Crippen LogP contribution in [0.15, 0.2) is 58.9 Å². The SMILES string of the molecule is CNc1ccc(F)c(-c2ccc(C)c(/C=N\C(NC3CCN(CCOC)CC3)=C(C)C)c2)c1F.Cc1cc(Cl)cc2c1CCC2(C)O.O=C=O. The minimum absolute atomic E-state index is 0.0395. The molecule has 1 aliphatic heterocycles. The zero-order valence-corrected chi connectivity index (χ0v) is 30.8. The quantitative estimate of drug-likeness (QED) is 0.197. The predicted molar refractivity (Wildman–Crippen MR) is 196 cm³/mol. The van der Waals surface area contributed by atoms with E-state index in [1.165, 1.54) is 23.3 Å². The number of anilines is 1. The molecule has 2 aliphatic rings. The molecule has 0 bridgehead atoms. The fourth-order valence-corrected chi connectivity index (χ4v) is 6.47. The van der Waals surface area contributed by atoms with Crippen molar-refractivity contribution < 1.29 is 28.2 Å². The van der Waals surface area contributed by atoms with Crippen LogP contribution < -0.4 is 10.6 Å². The number of fused-ring (bicyclic) bond motifs is 1. The van der Waals surface area contributed by atoms with Crippen molar-refractivity contribution in [2.45, 2.75) is 71.9 Å². The monoisotopic (exact) mass is 710 g/mol. The van der Waals surface area contributed by atoms with Gasteiger partial charge in [0, 0.05) is 51.1 Å². The van der Waals surface area contributed by atoms with Gasteiger partial charge in [-0.2, -0.15) is 9.59 Å². The number of nitrogens with one attached hydrogen (secondary N) is 2. The molecule has 1 heterocycles. The van der Waals surface area contributed by atoms with Gasteiger partial charge in [0.15, 0.2) is 5.82 Å². The minimum atomic E-state index is -0.676. The van der Waals surface area contributed by atoms with E-state index in [9.17, 15) is 13.9 Å². The van der Waals surface area contributed by atoms with Crippen molar-refractivity contribution >= 4 is 29.7 Å². The van der Waals surface area contributed by atoms with Crippen molar-refractivity contribution in [3.8, 4) is 11.1 Å². The van der Waals surface area contributed by atoms with Gasteiger partial charge in [0.25, 0.3) is 0 Å². The second-order valence-corrected chi connectivity index (χ2v) is 13.5. The van der Waals surface area contributed by atoms with Crippen molar-refractivity contribution in [3.05, 3.63) is 98.3 Å². The lowest BCUT2D eigenvalue weighted by molar-refractivity contribution is -0.191. The van der Waals surface area contributed by atoms with E-state index in [2.05, 4.69) is 15.5 Å². The summed E-state index contributed by atoms with van der Waals surface area (Å²) >= 11 is 5.94. The van der Waals surface area contributed by atoms with Gasteiger partial charge in [0.1, 0.15) is 11.6 Å². The largest absolute Gasteiger partial charge is 0.386 e. The number of aliphatic hydroxyl groups is 1. The van der Waals surface area contributed by atoms with Gasteiger partial charge in [-0.05, 0) is 130 Å². The van der Waals surface area contributed by atoms with Gasteiger partial charge in [-0.15, -0.1) is 0 Å². The zero-order chi connectivity index (χ0) is 37.0. The van der Waals surface area contributed by atoms with Crippen LogP contribution in [-0.4, -0.2) is 68.8 Å². The topological polar surface area (TPSA) is 103 Å². The molecule has 0 radical (unpaired) electrons. The fourth-order valence-electron chi connectivity index (χ4n) is 6.19. The summed E-state index contributed by atoms with van der Waals surface area (Å²) < 4.78 is 34.6. The molecule has 1 fully saturated rings. The lowest BCUT2D eigenvalue weighted by Crippen LogP contribution is -2.43. The third-order valence-electron chi connectivity index (χ3n) is 9.15. The first-order chi connectivity index (χ1) is 23.8. The molecule has 1 atom stereocenters. The maximum absolute atomic E-state index is 14.9. The summed E-state index contributed by atoms with van der Waals surface area (Å²) in [7, 11) is 3.35. The van der Waals surface area contributed by atoms with Crippen LogP contribution in [0.5, 0.6) is 0 Å². The molecular formula is C39H49ClF2N4O4. The number of halogens is 3. The summed E-state index contributed by atoms with van der Waals surface area (Å²) in [6, 6.07) is 12.3. The van der Waals surface area contributed by atoms with Crippen molar-refractivity contribution in [3.63, 3.8) is 0 Å². The molecular weight excluding hydrogens is 662 g/mol. The van der Waals surface area contributed by atoms with Gasteiger partial charge < -0.3 is 25.4 Å². The molecule has 5 rings (SSSR count). The summed E-state index contributed by atoms with van der Waals surface area (Å²) in [6.07, 6.45) is 5.89. The third kappa shape index (κ3) is 10.8. The summed E-state index contributed by atoms with van der Waals surface area (Å²) in [5, 5.41) is 17.1. The minimum Gasteiger partial charge on any atom is -0.386 e. The number of hydrogen-bond donors (Lipinski definition) is 3. The standard InChI is InChI=1S/C27H36F2N4O.C11H13ClO.CO2/c1-18(2)27(32-22-10-12-33(13-11-22)14-15-34-5)31-17-21-16-20(7-6-19(21)3)25-23(28)8-9-24(30-4)26(25)29;1-7-5-8(12)6-10-9(7)3-4-11(10,2)13;2-1-3/h6-9,16-17,22,30,32H,10-15H2,1-5H3;5-6,13H,3-4H2,1-2H3;/b31-17-;;. The van der Waals surface area contributed by atoms with Crippen LogP contribution in [0.2, 0.25) is 5.02 Å². The molecule has 1 aliphatic carbocycles. The fraction of sp³-hybridized carbons (Fsp3) is 0.436. The highest BCUT2D eigenvalue weighted by Gasteiger charge is 2.33. The number of carbonyl (C=O) groups excluding carboxylic acids is 2. The number of likely N-dealkylation sites (tertiary alicyclic amines) is 1. The molecule has 50 heavy (non-hydrogen) atoms. The summed E-state index contributed by atoms with van der Waals surface area (Å²) in [4.78, 5) is 23.4. The Bertz CT molecular complexity index is 1710. The Morgan fingerprint density at radius 3 is 2.42 bits per heavy atom. The Morgan fingerprint density at radius 2 is 1.80 bits per heavy atom. The summed E-state index contributed by atoms with van der Waals surface area (Å²) in [6.45, 7) is 13.7. The maximum atomic E-state index is 14.9. The van der Waals surface area contributed by atoms with E-state index in [1.807, 2.05) is 52.8 Å². The number of rotatable bonds is 9. The molecule has 1 saturated heterocycles. The van der Waals surface area contributed by atoms with Crippen LogP contribution in [0, 0.1) is 25.5 Å². The maximum Gasteiger partial charge on any atom is 0.373 e. The van der Waals surface area contributed by atoms with Crippen molar-refractivity contribution in [2.24, 2.45) is 4.99 Å². The first kappa shape index (κ1) is 40.5. The van der Waals surface area contributed by atoms with Gasteiger partial charge in [-0.25, -0.2) is 13.8 Å². The van der Waals surface area contributed by atoms with Crippen LogP contribution in [0.3, 0.4) is 0 Å². The normalized spacial score (nSPS) is 17.2. The molecule has 0 spiro atoms. The van der Waals surface area contributed by atoms with E-state index in [0.29, 0.717) is 11.6 Å². The van der Waals surface area contributed by atoms with Crippen LogP contribution in [-0.2, 0) is 26.3 Å². The Balaban J connectivity index is 0.000000347. The number of allylic oxidation sites excluding steroid dienone is 1. The number of piperidine rings is 1. The summed E-state index contributed by atoms with van der Waals surface area (Å²) in [5.74, 6) is -0.348. The van der Waals surface area contributed by atoms with Gasteiger partial charge in [-0.3, -0.25) is 0 Å². The van der Waals surface area contributed by atoms with Crippen LogP contribution >= 0.6 is 11.6 Å². The Morgan fingerprint density at radius 1 is 1.12 bits per heavy atom. The Labute approximate surface area is 299 Å². The van der Waals surface area contributed by atoms with E-state index >= 15 is 0 Å². The molecule has 0 saturated carbocycles. The first-order valence-electron chi connectivity index (χ1n) is 16.7. The molecule has 11 heteroatoms. The second kappa shape index (κ2) is 18.9. The lowest BCUT2D eigenvalue weighted by atomic mass is 9.97. The number of nitrogens with zero attached hydrogens (tertiary/aromatic N) is 2. The molecule has 0 aromatic heterocycles. The number of benzene rings is 3. The van der Waals surface area contributed by atoms with E-state index in [0.717, 1.165) is 85.0 Å². The van der Waals surface area contributed by atoms with E-state index in [-0.39, 0.29) is 17.4 Å². The second-order valence-electron chi connectivity index (χ2n) is 13.1. The predicted octanol–water partition coefficient (Wildman–Crippen LogP) is 7.57. The van der Waals surface area contributed by atoms with Gasteiger partial charge in [0.05, 0.1) is 23.5 Å². The highest BCUT2D eigenvalue weighted by Crippen LogP contribution is 2.39. The van der Waals surface area contributed by atoms with E-state index < -0.39 is 17.2 Å². The molecule has 3 aromatic carbocycles. The average molecular weight is 711 g/mol. The van der Waals surface area contributed by atoms with Crippen molar-refractivity contribution in [1.82, 2.24) is 10.2 Å². The van der Waals surface area contributed by atoms with Crippen molar-refractivity contribution in [2.75, 3.05) is 45.7 Å². The highest BCUT2D eigenvalue weighted by molar-refractivity contribution is 6.30. The van der Waals surface area contributed by atoms with Gasteiger partial charge in [-0.1, -0.05) is 23.7 Å². The van der Waals surface area contributed by atoms with E-state index in [4.69, 9.17) is 30.9 Å². The molecule has 270 valence electrons. The van der Waals surface area contributed by atoms with Crippen LogP contribution in [0.1, 0.15) is 67.9 Å². The number of aryl methyl sites for hydroxylation is 2. The summed E-state index contributed by atoms with van der Waals surface area (Å²) in [5.41, 5.74) is 6.40. The van der Waals surface area contributed by atoms with E-state index in [1.54, 1.807) is 32.5 Å². The van der Waals surface area contributed by atoms with Crippen LogP contribution in [0.4, 0.5) is 14.5 Å². The smallest absolute Gasteiger partial charge is 0.373 e. The number of ether oxygens (including phenoxy) is 1. The Hall–Kier alpha value is -3.92. The first-order valence-corrected chi connectivity index (χ1v) is 17.1. The molecule has 8 nitrogen and oxygen atoms in total. The third-order valence-corrected chi connectivity index (χ3v) is 9.37. The average Bonchev–Trinajstić information content (AvgIpc) is 3.38. The number of methoxy groups -OCH3 is 1. The molecule has 0 amide bonds. The molecule has 3 aromatic rings. The molecule has 1 unspecified atom stereocenters. The number of hydrogen-bond acceptors (Lipinski definition) is 8. The Kier molecular flexibility index (Phi) is 15.3.